The van der Waals surface area contributed by atoms with Gasteiger partial charge in [0.1, 0.15) is 18.1 Å². The summed E-state index contributed by atoms with van der Waals surface area (Å²) in [6.07, 6.45) is 1.41. The van der Waals surface area contributed by atoms with Gasteiger partial charge in [0.2, 0.25) is 5.95 Å². The van der Waals surface area contributed by atoms with Crippen LogP contribution in [0, 0.1) is 11.8 Å². The lowest BCUT2D eigenvalue weighted by atomic mass is 9.96. The number of phosphoric acid groups is 3. The smallest absolute Gasteiger partial charge is 0.490 e. The minimum absolute atomic E-state index is 0.00268. The Balaban J connectivity index is 1.30. The molecule has 1 aromatic carbocycles. The van der Waals surface area contributed by atoms with Crippen LogP contribution >= 0.6 is 23.5 Å². The average molecular weight is 793 g/mol. The highest BCUT2D eigenvalue weighted by Crippen LogP contribution is 2.66. The van der Waals surface area contributed by atoms with Crippen LogP contribution in [0.4, 0.5) is 5.95 Å². The Morgan fingerprint density at radius 2 is 1.87 bits per heavy atom. The molecule has 1 saturated carbocycles. The molecule has 22 nitrogen and oxygen atoms in total. The number of carbonyl (C=O) groups excluding carboxylic acids is 1. The van der Waals surface area contributed by atoms with Gasteiger partial charge in [-0.05, 0) is 43.0 Å². The maximum atomic E-state index is 13.0. The number of carbonyl (C=O) groups is 1. The number of nitrogens with zero attached hydrogens (tertiary/aromatic N) is 2. The number of H-pyrrole nitrogens is 1. The van der Waals surface area contributed by atoms with E-state index < -0.39 is 60.0 Å². The molecule has 0 spiro atoms. The zero-order valence-electron chi connectivity index (χ0n) is 26.9. The standard InChI is InChI=1S/C27H35N6O16P3/c28-11-16-9-18(46-17-4-1-5-17)6-7-19(16)26(35)43-8-2-3-15-12-33(24-23(15)25(34)32-27(30)31-24)22-10-20(44-14-29)21(47-22)13-45-51(39,40)49-52(41,42)48-50(36,37)38/h6-7,9,12,17,20-22H,1,4-5,8,10-11,13-14,28-29H2,(H,39,40)(H,41,42)(H2,36,37,38)(H3,30,31,32,34)/t20-,21?,22-/m1/s1. The summed E-state index contributed by atoms with van der Waals surface area (Å²) in [6.45, 7) is -1.48. The van der Waals surface area contributed by atoms with E-state index in [1.165, 1.54) is 10.8 Å². The molecule has 25 heteroatoms. The summed E-state index contributed by atoms with van der Waals surface area (Å²) >= 11 is 0. The number of hydrogen-bond acceptors (Lipinski definition) is 16. The summed E-state index contributed by atoms with van der Waals surface area (Å²) in [5.74, 6) is 5.14. The predicted octanol–water partition coefficient (Wildman–Crippen LogP) is 0.837. The molecule has 5 rings (SSSR count). The van der Waals surface area contributed by atoms with Crippen LogP contribution in [0.15, 0.2) is 29.2 Å². The van der Waals surface area contributed by atoms with Crippen molar-refractivity contribution in [1.29, 1.82) is 0 Å². The lowest BCUT2D eigenvalue weighted by Crippen LogP contribution is -2.30. The number of rotatable bonds is 15. The molecule has 52 heavy (non-hydrogen) atoms. The van der Waals surface area contributed by atoms with Crippen molar-refractivity contribution in [2.45, 2.75) is 56.8 Å². The van der Waals surface area contributed by atoms with Crippen molar-refractivity contribution < 1.29 is 70.2 Å². The molecule has 2 aromatic heterocycles. The van der Waals surface area contributed by atoms with Crippen LogP contribution in [-0.2, 0) is 47.6 Å². The van der Waals surface area contributed by atoms with Crippen molar-refractivity contribution in [3.63, 3.8) is 0 Å². The van der Waals surface area contributed by atoms with Crippen LogP contribution in [-0.4, -0.2) is 78.3 Å². The first-order chi connectivity index (χ1) is 24.5. The topological polar surface area (TPSA) is 343 Å². The first kappa shape index (κ1) is 39.7. The molecule has 0 amide bonds. The van der Waals surface area contributed by atoms with Gasteiger partial charge in [-0.2, -0.15) is 13.6 Å². The Bertz CT molecular complexity index is 2070. The lowest BCUT2D eigenvalue weighted by Gasteiger charge is -2.26. The highest BCUT2D eigenvalue weighted by Gasteiger charge is 2.43. The number of anilines is 1. The molecule has 3 heterocycles. The highest BCUT2D eigenvalue weighted by atomic mass is 31.3. The number of phosphoric ester groups is 1. The van der Waals surface area contributed by atoms with Crippen LogP contribution in [0.1, 0.15) is 53.4 Å². The van der Waals surface area contributed by atoms with E-state index in [9.17, 15) is 33.1 Å². The summed E-state index contributed by atoms with van der Waals surface area (Å²) in [6, 6.07) is 4.92. The third kappa shape index (κ3) is 10.1. The van der Waals surface area contributed by atoms with E-state index in [1.54, 1.807) is 18.2 Å². The number of hydrogen-bond donors (Lipinski definition) is 8. The Kier molecular flexibility index (Phi) is 12.4. The Labute approximate surface area is 293 Å². The fourth-order valence-corrected chi connectivity index (χ4v) is 8.31. The van der Waals surface area contributed by atoms with Crippen molar-refractivity contribution >= 4 is 46.4 Å². The van der Waals surface area contributed by atoms with Crippen molar-refractivity contribution in [2.24, 2.45) is 11.5 Å². The Morgan fingerprint density at radius 3 is 2.52 bits per heavy atom. The summed E-state index contributed by atoms with van der Waals surface area (Å²) in [5, 5.41) is -0.00268. The molecule has 1 aliphatic heterocycles. The first-order valence-corrected chi connectivity index (χ1v) is 19.8. The van der Waals surface area contributed by atoms with E-state index in [2.05, 4.69) is 30.4 Å². The molecule has 1 aliphatic carbocycles. The van der Waals surface area contributed by atoms with Crippen molar-refractivity contribution in [2.75, 3.05) is 25.7 Å². The average Bonchev–Trinajstić information content (AvgIpc) is 3.59. The molecule has 1 saturated heterocycles. The monoisotopic (exact) mass is 792 g/mol. The largest absolute Gasteiger partial charge is 0.490 e. The van der Waals surface area contributed by atoms with E-state index in [-0.39, 0.29) is 60.5 Å². The number of aromatic nitrogens is 3. The Hall–Kier alpha value is -3.48. The molecule has 3 aromatic rings. The maximum Gasteiger partial charge on any atom is 0.490 e. The van der Waals surface area contributed by atoms with Gasteiger partial charge in [0.15, 0.2) is 12.3 Å². The molecular weight excluding hydrogens is 757 g/mol. The molecule has 0 radical (unpaired) electrons. The van der Waals surface area contributed by atoms with Crippen LogP contribution in [0.3, 0.4) is 0 Å². The minimum Gasteiger partial charge on any atom is -0.490 e. The van der Waals surface area contributed by atoms with Crippen LogP contribution in [0.2, 0.25) is 0 Å². The molecule has 11 N–H and O–H groups in total. The maximum absolute atomic E-state index is 13.0. The van der Waals surface area contributed by atoms with Crippen LogP contribution in [0.25, 0.3) is 11.0 Å². The predicted molar refractivity (Wildman–Crippen MR) is 177 cm³/mol. The third-order valence-corrected chi connectivity index (χ3v) is 11.5. The van der Waals surface area contributed by atoms with E-state index in [1.807, 2.05) is 0 Å². The normalized spacial score (nSPS) is 21.5. The molecule has 0 bridgehead atoms. The zero-order chi connectivity index (χ0) is 37.8. The summed E-state index contributed by atoms with van der Waals surface area (Å²) in [5.41, 5.74) is 17.5. The van der Waals surface area contributed by atoms with Gasteiger partial charge in [0.05, 0.1) is 42.1 Å². The molecule has 284 valence electrons. The fourth-order valence-electron chi connectivity index (χ4n) is 5.28. The summed E-state index contributed by atoms with van der Waals surface area (Å²) in [4.78, 5) is 69.1. The number of esters is 1. The SMILES string of the molecule is NCO[C@@H]1C[C@H](n2cc(C#CCOC(=O)c3ccc(OC4CCC4)cc3CN)c3c(=O)[nH]c(N)nc32)OC1COP(=O)(O)OP(=O)(O)OP(=O)(O)O. The minimum atomic E-state index is -5.76. The van der Waals surface area contributed by atoms with E-state index in [0.29, 0.717) is 11.3 Å². The molecule has 5 atom stereocenters. The van der Waals surface area contributed by atoms with Gasteiger partial charge in [-0.25, -0.2) is 18.5 Å². The van der Waals surface area contributed by atoms with Gasteiger partial charge in [0.25, 0.3) is 5.56 Å². The molecule has 3 unspecified atom stereocenters. The van der Waals surface area contributed by atoms with Crippen molar-refractivity contribution in [3.8, 4) is 17.6 Å². The summed E-state index contributed by atoms with van der Waals surface area (Å²) in [7, 11) is -16.8. The molecule has 2 aliphatic rings. The third-order valence-electron chi connectivity index (χ3n) is 7.69. The van der Waals surface area contributed by atoms with E-state index in [4.69, 9.17) is 50.5 Å². The molecular formula is C27H35N6O16P3. The van der Waals surface area contributed by atoms with Crippen LogP contribution in [0.5, 0.6) is 5.75 Å². The molecule has 2 fully saturated rings. The van der Waals surface area contributed by atoms with Gasteiger partial charge in [-0.15, -0.1) is 0 Å². The zero-order valence-corrected chi connectivity index (χ0v) is 29.6. The second-order valence-electron chi connectivity index (χ2n) is 11.3. The number of nitrogens with one attached hydrogen (secondary N) is 1. The van der Waals surface area contributed by atoms with E-state index >= 15 is 0 Å². The van der Waals surface area contributed by atoms with Gasteiger partial charge in [-0.3, -0.25) is 14.3 Å². The van der Waals surface area contributed by atoms with Gasteiger partial charge in [0, 0.05) is 19.2 Å². The quantitative estimate of drug-likeness (QED) is 0.0457. The second-order valence-corrected chi connectivity index (χ2v) is 15.7. The summed E-state index contributed by atoms with van der Waals surface area (Å²) < 4.78 is 71.0. The van der Waals surface area contributed by atoms with Gasteiger partial charge >= 0.3 is 29.4 Å². The number of ether oxygens (including phenoxy) is 4. The Morgan fingerprint density at radius 1 is 1.12 bits per heavy atom. The first-order valence-electron chi connectivity index (χ1n) is 15.3. The number of nitrogen functional groups attached to an aromatic ring is 1. The van der Waals surface area contributed by atoms with E-state index in [0.717, 1.165) is 19.3 Å². The number of fused-ring (bicyclic) bond motifs is 1. The highest BCUT2D eigenvalue weighted by molar-refractivity contribution is 7.66. The lowest BCUT2D eigenvalue weighted by molar-refractivity contribution is -0.0582. The van der Waals surface area contributed by atoms with Crippen molar-refractivity contribution in [3.05, 3.63) is 51.4 Å². The second kappa shape index (κ2) is 16.3. The van der Waals surface area contributed by atoms with Gasteiger partial charge in [-0.1, -0.05) is 11.8 Å². The van der Waals surface area contributed by atoms with Gasteiger partial charge < -0.3 is 60.3 Å². The number of nitrogens with two attached hydrogens (primary N) is 3. The van der Waals surface area contributed by atoms with Crippen LogP contribution < -0.4 is 27.5 Å². The number of benzene rings is 1. The fraction of sp³-hybridized carbons (Fsp3) is 0.444. The van der Waals surface area contributed by atoms with Crippen molar-refractivity contribution in [1.82, 2.24) is 14.5 Å². The number of aromatic amines is 1.